The molecule has 1 aromatic rings. The number of aliphatic carboxylic acids is 1. The first kappa shape index (κ1) is 14.2. The van der Waals surface area contributed by atoms with Gasteiger partial charge < -0.3 is 16.2 Å². The van der Waals surface area contributed by atoms with Crippen molar-refractivity contribution in [1.29, 1.82) is 5.26 Å². The van der Waals surface area contributed by atoms with Crippen molar-refractivity contribution in [3.05, 3.63) is 27.8 Å². The maximum Gasteiger partial charge on any atom is 0.309 e. The van der Waals surface area contributed by atoms with Gasteiger partial charge in [-0.1, -0.05) is 0 Å². The maximum absolute atomic E-state index is 10.7. The Balaban J connectivity index is 2.82. The molecule has 0 spiro atoms. The summed E-state index contributed by atoms with van der Waals surface area (Å²) in [6.45, 7) is 0.369. The summed E-state index contributed by atoms with van der Waals surface area (Å²) >= 11 is 0. The van der Waals surface area contributed by atoms with Crippen molar-refractivity contribution >= 4 is 23.0 Å². The molecule has 19 heavy (non-hydrogen) atoms. The highest BCUT2D eigenvalue weighted by atomic mass is 16.6. The fraction of sp³-hybridized carbons (Fsp3) is 0.273. The van der Waals surface area contributed by atoms with Gasteiger partial charge in [0.2, 0.25) is 0 Å². The molecular weight excluding hydrogens is 252 g/mol. The Morgan fingerprint density at radius 2 is 2.26 bits per heavy atom. The number of nitrogens with one attached hydrogen (secondary N) is 1. The van der Waals surface area contributed by atoms with Crippen molar-refractivity contribution < 1.29 is 14.8 Å². The molecule has 100 valence electrons. The molecule has 0 aliphatic heterocycles. The summed E-state index contributed by atoms with van der Waals surface area (Å²) in [5, 5.41) is 30.9. The van der Waals surface area contributed by atoms with Crippen molar-refractivity contribution in [2.45, 2.75) is 12.8 Å². The first-order valence-electron chi connectivity index (χ1n) is 5.39. The molecule has 1 aromatic carbocycles. The molecule has 0 amide bonds. The average Bonchev–Trinajstić information content (AvgIpc) is 2.33. The third kappa shape index (κ3) is 3.85. The van der Waals surface area contributed by atoms with Gasteiger partial charge in [0, 0.05) is 18.7 Å². The Labute approximate surface area is 108 Å². The molecule has 0 bridgehead atoms. The minimum atomic E-state index is -0.900. The lowest BCUT2D eigenvalue weighted by Gasteiger charge is -2.07. The van der Waals surface area contributed by atoms with E-state index in [9.17, 15) is 14.9 Å². The number of hydrogen-bond acceptors (Lipinski definition) is 6. The van der Waals surface area contributed by atoms with Gasteiger partial charge in [-0.05, 0) is 18.6 Å². The maximum atomic E-state index is 10.7. The van der Waals surface area contributed by atoms with Crippen LogP contribution in [0, 0.1) is 21.4 Å². The van der Waals surface area contributed by atoms with Gasteiger partial charge in [0.1, 0.15) is 17.3 Å². The second kappa shape index (κ2) is 6.20. The zero-order chi connectivity index (χ0) is 14.4. The van der Waals surface area contributed by atoms with Gasteiger partial charge in [0.25, 0.3) is 0 Å². The Hall–Kier alpha value is -2.82. The van der Waals surface area contributed by atoms with Crippen molar-refractivity contribution in [2.24, 2.45) is 0 Å². The van der Waals surface area contributed by atoms with E-state index in [2.05, 4.69) is 5.32 Å². The van der Waals surface area contributed by atoms with E-state index in [0.717, 1.165) is 0 Å². The third-order valence-electron chi connectivity index (χ3n) is 2.34. The first-order chi connectivity index (χ1) is 8.95. The number of carboxylic acid groups (broad SMARTS) is 1. The molecule has 0 aromatic heterocycles. The molecular formula is C11H12N4O4. The van der Waals surface area contributed by atoms with E-state index >= 15 is 0 Å². The second-order valence-electron chi connectivity index (χ2n) is 3.75. The van der Waals surface area contributed by atoms with E-state index in [1.807, 2.05) is 0 Å². The van der Waals surface area contributed by atoms with Crippen LogP contribution in [-0.4, -0.2) is 22.5 Å². The second-order valence-corrected chi connectivity index (χ2v) is 3.75. The predicted octanol–water partition coefficient (Wildman–Crippen LogP) is 1.33. The number of nitrogens with two attached hydrogens (primary N) is 1. The summed E-state index contributed by atoms with van der Waals surface area (Å²) in [5.74, 6) is -0.900. The minimum absolute atomic E-state index is 0.0145. The van der Waals surface area contributed by atoms with E-state index in [-0.39, 0.29) is 17.7 Å². The van der Waals surface area contributed by atoms with E-state index in [1.165, 1.54) is 12.1 Å². The van der Waals surface area contributed by atoms with Gasteiger partial charge >= 0.3 is 11.7 Å². The summed E-state index contributed by atoms with van der Waals surface area (Å²) in [6, 6.07) is 4.37. The zero-order valence-electron chi connectivity index (χ0n) is 9.92. The smallest absolute Gasteiger partial charge is 0.309 e. The SMILES string of the molecule is N#Cc1cc(NCCCC(=O)O)cc(N)c1[N+](=O)[O-]. The largest absolute Gasteiger partial charge is 0.481 e. The van der Waals surface area contributed by atoms with Crippen LogP contribution in [-0.2, 0) is 4.79 Å². The molecule has 4 N–H and O–H groups in total. The van der Waals surface area contributed by atoms with Gasteiger partial charge in [-0.3, -0.25) is 14.9 Å². The Morgan fingerprint density at radius 3 is 2.79 bits per heavy atom. The molecule has 8 heteroatoms. The highest BCUT2D eigenvalue weighted by molar-refractivity contribution is 5.73. The summed E-state index contributed by atoms with van der Waals surface area (Å²) < 4.78 is 0. The lowest BCUT2D eigenvalue weighted by Crippen LogP contribution is -2.06. The Morgan fingerprint density at radius 1 is 1.58 bits per heavy atom. The van der Waals surface area contributed by atoms with Crippen LogP contribution in [0.1, 0.15) is 18.4 Å². The lowest BCUT2D eigenvalue weighted by molar-refractivity contribution is -0.384. The summed E-state index contributed by atoms with van der Waals surface area (Å²) in [7, 11) is 0. The molecule has 0 unspecified atom stereocenters. The van der Waals surface area contributed by atoms with E-state index in [0.29, 0.717) is 18.7 Å². The minimum Gasteiger partial charge on any atom is -0.481 e. The molecule has 0 saturated carbocycles. The number of rotatable bonds is 6. The van der Waals surface area contributed by atoms with Gasteiger partial charge in [-0.15, -0.1) is 0 Å². The number of anilines is 2. The first-order valence-corrected chi connectivity index (χ1v) is 5.39. The lowest BCUT2D eigenvalue weighted by atomic mass is 10.1. The number of benzene rings is 1. The molecule has 0 aliphatic carbocycles. The molecule has 0 heterocycles. The molecule has 0 radical (unpaired) electrons. The quantitative estimate of drug-likeness (QED) is 0.304. The van der Waals surface area contributed by atoms with Crippen LogP contribution in [0.15, 0.2) is 12.1 Å². The van der Waals surface area contributed by atoms with Crippen molar-refractivity contribution in [3.8, 4) is 6.07 Å². The van der Waals surface area contributed by atoms with Crippen LogP contribution < -0.4 is 11.1 Å². The van der Waals surface area contributed by atoms with Crippen LogP contribution in [0.5, 0.6) is 0 Å². The summed E-state index contributed by atoms with van der Waals surface area (Å²) in [4.78, 5) is 20.3. The van der Waals surface area contributed by atoms with Crippen molar-refractivity contribution in [1.82, 2.24) is 0 Å². The van der Waals surface area contributed by atoms with Crippen molar-refractivity contribution in [3.63, 3.8) is 0 Å². The third-order valence-corrected chi connectivity index (χ3v) is 2.34. The van der Waals surface area contributed by atoms with Gasteiger partial charge in [-0.25, -0.2) is 0 Å². The molecule has 0 atom stereocenters. The van der Waals surface area contributed by atoms with Gasteiger partial charge in [0.05, 0.1) is 4.92 Å². The number of carbonyl (C=O) groups is 1. The highest BCUT2D eigenvalue weighted by Gasteiger charge is 2.19. The molecule has 8 nitrogen and oxygen atoms in total. The van der Waals surface area contributed by atoms with E-state index < -0.39 is 16.6 Å². The zero-order valence-corrected chi connectivity index (χ0v) is 9.92. The Kier molecular flexibility index (Phi) is 4.65. The van der Waals surface area contributed by atoms with Crippen LogP contribution in [0.4, 0.5) is 17.1 Å². The van der Waals surface area contributed by atoms with Crippen LogP contribution >= 0.6 is 0 Å². The standard InChI is InChI=1S/C11H12N4O4/c12-6-7-4-8(14-3-1-2-10(16)17)5-9(13)11(7)15(18)19/h4-5,14H,1-3,13H2,(H,16,17). The molecule has 0 saturated heterocycles. The molecule has 0 fully saturated rings. The molecule has 1 rings (SSSR count). The topological polar surface area (TPSA) is 142 Å². The summed E-state index contributed by atoms with van der Waals surface area (Å²) in [5.41, 5.74) is 5.32. The van der Waals surface area contributed by atoms with Crippen LogP contribution in [0.2, 0.25) is 0 Å². The number of carboxylic acids is 1. The van der Waals surface area contributed by atoms with Crippen molar-refractivity contribution in [2.75, 3.05) is 17.6 Å². The fourth-order valence-electron chi connectivity index (χ4n) is 1.52. The predicted molar refractivity (Wildman–Crippen MR) is 67.6 cm³/mol. The van der Waals surface area contributed by atoms with Crippen LogP contribution in [0.25, 0.3) is 0 Å². The number of nitrogens with zero attached hydrogens (tertiary/aromatic N) is 2. The van der Waals surface area contributed by atoms with Gasteiger partial charge in [-0.2, -0.15) is 5.26 Å². The Bertz CT molecular complexity index is 550. The monoisotopic (exact) mass is 264 g/mol. The normalized spacial score (nSPS) is 9.63. The van der Waals surface area contributed by atoms with Crippen LogP contribution in [0.3, 0.4) is 0 Å². The van der Waals surface area contributed by atoms with Gasteiger partial charge in [0.15, 0.2) is 0 Å². The van der Waals surface area contributed by atoms with E-state index in [1.54, 1.807) is 6.07 Å². The molecule has 0 aliphatic rings. The number of nitrogen functional groups attached to an aromatic ring is 1. The number of nitriles is 1. The summed E-state index contributed by atoms with van der Waals surface area (Å²) in [6.07, 6.45) is 0.411. The number of nitro groups is 1. The average molecular weight is 264 g/mol. The fourth-order valence-corrected chi connectivity index (χ4v) is 1.52. The van der Waals surface area contributed by atoms with E-state index in [4.69, 9.17) is 16.1 Å². The number of nitro benzene ring substituents is 1. The number of hydrogen-bond donors (Lipinski definition) is 3. The highest BCUT2D eigenvalue weighted by Crippen LogP contribution is 2.29.